The number of carbonyl (C=O) groups excluding carboxylic acids is 1. The summed E-state index contributed by atoms with van der Waals surface area (Å²) in [5.41, 5.74) is 2.22. The molecule has 0 radical (unpaired) electrons. The third-order valence-electron chi connectivity index (χ3n) is 5.35. The Morgan fingerprint density at radius 3 is 1.65 bits per heavy atom. The zero-order chi connectivity index (χ0) is 24.5. The standard InChI is InChI=1S/C26H30N2O6/c1-30-20-12-10-18(24(14-20)33-4)16-28(17-19-11-13-21(31-2)15-25(19)34-5)26(29)27-22-8-6-7-9-23(22)32-3/h6-15H,16-17H2,1-5H3,(H,27,29). The summed E-state index contributed by atoms with van der Waals surface area (Å²) in [4.78, 5) is 15.1. The van der Waals surface area contributed by atoms with Gasteiger partial charge in [-0.3, -0.25) is 0 Å². The first kappa shape index (κ1) is 24.6. The van der Waals surface area contributed by atoms with Crippen LogP contribution in [0.2, 0.25) is 0 Å². The largest absolute Gasteiger partial charge is 0.497 e. The molecule has 3 aromatic carbocycles. The van der Waals surface area contributed by atoms with Crippen LogP contribution in [0.15, 0.2) is 60.7 Å². The van der Waals surface area contributed by atoms with Gasteiger partial charge in [0.25, 0.3) is 0 Å². The average molecular weight is 467 g/mol. The summed E-state index contributed by atoms with van der Waals surface area (Å²) in [5.74, 6) is 3.15. The SMILES string of the molecule is COc1ccc(CN(Cc2ccc(OC)cc2OC)C(=O)Nc2ccccc2OC)c(OC)c1. The Morgan fingerprint density at radius 1 is 0.676 bits per heavy atom. The molecule has 0 aliphatic carbocycles. The van der Waals surface area contributed by atoms with Gasteiger partial charge in [-0.1, -0.05) is 12.1 Å². The van der Waals surface area contributed by atoms with Crippen molar-refractivity contribution in [1.29, 1.82) is 0 Å². The summed E-state index contributed by atoms with van der Waals surface area (Å²) in [6.45, 7) is 0.562. The molecule has 0 aromatic heterocycles. The Hall–Kier alpha value is -4.07. The number of ether oxygens (including phenoxy) is 5. The van der Waals surface area contributed by atoms with Gasteiger partial charge < -0.3 is 33.9 Å². The highest BCUT2D eigenvalue weighted by molar-refractivity contribution is 5.91. The molecule has 0 spiro atoms. The van der Waals surface area contributed by atoms with Crippen LogP contribution in [-0.2, 0) is 13.1 Å². The van der Waals surface area contributed by atoms with Crippen LogP contribution >= 0.6 is 0 Å². The third kappa shape index (κ3) is 5.83. The summed E-state index contributed by atoms with van der Waals surface area (Å²) < 4.78 is 27.1. The molecule has 8 heteroatoms. The van der Waals surface area contributed by atoms with Crippen molar-refractivity contribution in [2.75, 3.05) is 40.9 Å². The monoisotopic (exact) mass is 466 g/mol. The number of benzene rings is 3. The first-order chi connectivity index (χ1) is 16.5. The molecule has 2 amide bonds. The second-order valence-corrected chi connectivity index (χ2v) is 7.34. The van der Waals surface area contributed by atoms with Crippen LogP contribution < -0.4 is 29.0 Å². The van der Waals surface area contributed by atoms with Crippen molar-refractivity contribution < 1.29 is 28.5 Å². The molecular weight excluding hydrogens is 436 g/mol. The number of para-hydroxylation sites is 2. The molecule has 1 N–H and O–H groups in total. The van der Waals surface area contributed by atoms with Crippen molar-refractivity contribution in [2.24, 2.45) is 0 Å². The van der Waals surface area contributed by atoms with Crippen molar-refractivity contribution in [2.45, 2.75) is 13.1 Å². The van der Waals surface area contributed by atoms with E-state index >= 15 is 0 Å². The lowest BCUT2D eigenvalue weighted by molar-refractivity contribution is 0.204. The maximum Gasteiger partial charge on any atom is 0.322 e. The van der Waals surface area contributed by atoms with E-state index in [1.807, 2.05) is 36.4 Å². The number of hydrogen-bond acceptors (Lipinski definition) is 6. The number of anilines is 1. The van der Waals surface area contributed by atoms with Gasteiger partial charge in [0.1, 0.15) is 28.7 Å². The molecule has 0 heterocycles. The predicted molar refractivity (Wildman–Crippen MR) is 130 cm³/mol. The molecule has 3 rings (SSSR count). The molecule has 0 fully saturated rings. The lowest BCUT2D eigenvalue weighted by Gasteiger charge is -2.26. The number of urea groups is 1. The fourth-order valence-corrected chi connectivity index (χ4v) is 3.52. The lowest BCUT2D eigenvalue weighted by atomic mass is 10.1. The van der Waals surface area contributed by atoms with Crippen molar-refractivity contribution in [1.82, 2.24) is 4.90 Å². The smallest absolute Gasteiger partial charge is 0.322 e. The Labute approximate surface area is 200 Å². The molecule has 0 atom stereocenters. The van der Waals surface area contributed by atoms with Crippen LogP contribution in [-0.4, -0.2) is 46.5 Å². The number of carbonyl (C=O) groups is 1. The van der Waals surface area contributed by atoms with E-state index in [4.69, 9.17) is 23.7 Å². The van der Waals surface area contributed by atoms with E-state index in [1.54, 1.807) is 64.7 Å². The van der Waals surface area contributed by atoms with Gasteiger partial charge >= 0.3 is 6.03 Å². The van der Waals surface area contributed by atoms with E-state index in [2.05, 4.69) is 5.32 Å². The second-order valence-electron chi connectivity index (χ2n) is 7.34. The van der Waals surface area contributed by atoms with Crippen LogP contribution in [0.25, 0.3) is 0 Å². The van der Waals surface area contributed by atoms with Gasteiger partial charge in [0, 0.05) is 23.3 Å². The van der Waals surface area contributed by atoms with Gasteiger partial charge in [0.15, 0.2) is 0 Å². The minimum absolute atomic E-state index is 0.281. The average Bonchev–Trinajstić information content (AvgIpc) is 2.88. The summed E-state index contributed by atoms with van der Waals surface area (Å²) >= 11 is 0. The minimum atomic E-state index is -0.305. The van der Waals surface area contributed by atoms with Crippen LogP contribution in [0.5, 0.6) is 28.7 Å². The highest BCUT2D eigenvalue weighted by atomic mass is 16.5. The molecule has 0 saturated carbocycles. The Morgan fingerprint density at radius 2 is 1.18 bits per heavy atom. The van der Waals surface area contributed by atoms with Gasteiger partial charge in [-0.25, -0.2) is 4.79 Å². The molecular formula is C26H30N2O6. The van der Waals surface area contributed by atoms with Crippen molar-refractivity contribution in [3.63, 3.8) is 0 Å². The first-order valence-electron chi connectivity index (χ1n) is 10.6. The topological polar surface area (TPSA) is 78.5 Å². The van der Waals surface area contributed by atoms with E-state index in [9.17, 15) is 4.79 Å². The normalized spacial score (nSPS) is 10.3. The maximum absolute atomic E-state index is 13.5. The highest BCUT2D eigenvalue weighted by Crippen LogP contribution is 2.30. The third-order valence-corrected chi connectivity index (χ3v) is 5.35. The van der Waals surface area contributed by atoms with Crippen LogP contribution in [0.1, 0.15) is 11.1 Å². The highest BCUT2D eigenvalue weighted by Gasteiger charge is 2.20. The lowest BCUT2D eigenvalue weighted by Crippen LogP contribution is -2.34. The summed E-state index contributed by atoms with van der Waals surface area (Å²) in [5, 5.41) is 2.95. The molecule has 180 valence electrons. The zero-order valence-electron chi connectivity index (χ0n) is 20.1. The van der Waals surface area contributed by atoms with Crippen molar-refractivity contribution in [3.8, 4) is 28.7 Å². The number of hydrogen-bond donors (Lipinski definition) is 1. The summed E-state index contributed by atoms with van der Waals surface area (Å²) in [7, 11) is 7.93. The Balaban J connectivity index is 1.95. The van der Waals surface area contributed by atoms with Gasteiger partial charge in [0.05, 0.1) is 54.3 Å². The number of rotatable bonds is 10. The molecule has 0 aliphatic heterocycles. The fourth-order valence-electron chi connectivity index (χ4n) is 3.52. The van der Waals surface area contributed by atoms with Crippen LogP contribution in [0, 0.1) is 0 Å². The van der Waals surface area contributed by atoms with Gasteiger partial charge in [0.2, 0.25) is 0 Å². The number of nitrogens with zero attached hydrogens (tertiary/aromatic N) is 1. The quantitative estimate of drug-likeness (QED) is 0.455. The molecule has 0 aliphatic rings. The summed E-state index contributed by atoms with van der Waals surface area (Å²) in [6.07, 6.45) is 0. The first-order valence-corrected chi connectivity index (χ1v) is 10.6. The second kappa shape index (κ2) is 11.7. The fraction of sp³-hybridized carbons (Fsp3) is 0.269. The van der Waals surface area contributed by atoms with E-state index in [0.29, 0.717) is 34.4 Å². The van der Waals surface area contributed by atoms with E-state index in [1.165, 1.54) is 0 Å². The van der Waals surface area contributed by atoms with E-state index in [0.717, 1.165) is 11.1 Å². The zero-order valence-corrected chi connectivity index (χ0v) is 20.1. The number of nitrogens with one attached hydrogen (secondary N) is 1. The molecule has 8 nitrogen and oxygen atoms in total. The van der Waals surface area contributed by atoms with Gasteiger partial charge in [-0.15, -0.1) is 0 Å². The molecule has 3 aromatic rings. The number of amides is 2. The summed E-state index contributed by atoms with van der Waals surface area (Å²) in [6, 6.07) is 18.0. The molecule has 0 unspecified atom stereocenters. The van der Waals surface area contributed by atoms with E-state index in [-0.39, 0.29) is 19.1 Å². The van der Waals surface area contributed by atoms with Gasteiger partial charge in [-0.05, 0) is 36.4 Å². The van der Waals surface area contributed by atoms with Crippen LogP contribution in [0.4, 0.5) is 10.5 Å². The molecule has 34 heavy (non-hydrogen) atoms. The maximum atomic E-state index is 13.5. The Kier molecular flexibility index (Phi) is 8.45. The van der Waals surface area contributed by atoms with Crippen LogP contribution in [0.3, 0.4) is 0 Å². The van der Waals surface area contributed by atoms with Crippen molar-refractivity contribution in [3.05, 3.63) is 71.8 Å². The van der Waals surface area contributed by atoms with E-state index < -0.39 is 0 Å². The van der Waals surface area contributed by atoms with Gasteiger partial charge in [-0.2, -0.15) is 0 Å². The predicted octanol–water partition coefficient (Wildman–Crippen LogP) is 4.96. The van der Waals surface area contributed by atoms with Crippen molar-refractivity contribution >= 4 is 11.7 Å². The minimum Gasteiger partial charge on any atom is -0.497 e. The molecule has 0 saturated heterocycles. The molecule has 0 bridgehead atoms. The number of methoxy groups -OCH3 is 5. The Bertz CT molecular complexity index is 1060.